The van der Waals surface area contributed by atoms with E-state index >= 15 is 0 Å². The van der Waals surface area contributed by atoms with Crippen LogP contribution in [0.3, 0.4) is 0 Å². The zero-order valence-electron chi connectivity index (χ0n) is 11.9. The molecular formula is C16H15FN2O3. The van der Waals surface area contributed by atoms with E-state index in [1.165, 1.54) is 24.6 Å². The maximum Gasteiger partial charge on any atom is 0.253 e. The lowest BCUT2D eigenvalue weighted by Crippen LogP contribution is -2.38. The highest BCUT2D eigenvalue weighted by atomic mass is 19.1. The van der Waals surface area contributed by atoms with Gasteiger partial charge in [-0.2, -0.15) is 0 Å². The molecule has 0 radical (unpaired) electrons. The van der Waals surface area contributed by atoms with Gasteiger partial charge in [0.25, 0.3) is 5.91 Å². The molecule has 6 heteroatoms. The summed E-state index contributed by atoms with van der Waals surface area (Å²) in [5.41, 5.74) is -0.370. The Hall–Kier alpha value is -2.60. The molecule has 1 amide bonds. The number of rotatable bonds is 4. The summed E-state index contributed by atoms with van der Waals surface area (Å²) in [6, 6.07) is 7.47. The monoisotopic (exact) mass is 302 g/mol. The summed E-state index contributed by atoms with van der Waals surface area (Å²) in [7, 11) is 0. The minimum absolute atomic E-state index is 0.00673. The Kier molecular flexibility index (Phi) is 3.46. The summed E-state index contributed by atoms with van der Waals surface area (Å²) in [5, 5.41) is 13.6. The summed E-state index contributed by atoms with van der Waals surface area (Å²) < 4.78 is 18.3. The predicted molar refractivity (Wildman–Crippen MR) is 78.9 cm³/mol. The maximum absolute atomic E-state index is 13.1. The number of aromatic nitrogens is 1. The van der Waals surface area contributed by atoms with Crippen LogP contribution < -0.4 is 5.32 Å². The molecule has 3 aromatic rings. The van der Waals surface area contributed by atoms with Crippen molar-refractivity contribution < 1.29 is 18.7 Å². The number of hydrogen-bond acceptors (Lipinski definition) is 3. The first-order valence-corrected chi connectivity index (χ1v) is 6.78. The van der Waals surface area contributed by atoms with Gasteiger partial charge in [0.05, 0.1) is 18.4 Å². The molecule has 2 heterocycles. The van der Waals surface area contributed by atoms with E-state index in [2.05, 4.69) is 10.3 Å². The van der Waals surface area contributed by atoms with E-state index in [4.69, 9.17) is 4.42 Å². The van der Waals surface area contributed by atoms with E-state index in [-0.39, 0.29) is 18.3 Å². The van der Waals surface area contributed by atoms with Gasteiger partial charge in [-0.25, -0.2) is 4.39 Å². The van der Waals surface area contributed by atoms with Crippen molar-refractivity contribution in [2.75, 3.05) is 6.54 Å². The summed E-state index contributed by atoms with van der Waals surface area (Å²) in [6.45, 7) is 1.55. The summed E-state index contributed by atoms with van der Waals surface area (Å²) >= 11 is 0. The quantitative estimate of drug-likeness (QED) is 0.693. The topological polar surface area (TPSA) is 78.3 Å². The molecular weight excluding hydrogens is 287 g/mol. The van der Waals surface area contributed by atoms with E-state index in [0.29, 0.717) is 22.2 Å². The Morgan fingerprint density at radius 2 is 2.27 bits per heavy atom. The van der Waals surface area contributed by atoms with Gasteiger partial charge in [0, 0.05) is 17.1 Å². The van der Waals surface area contributed by atoms with Crippen molar-refractivity contribution in [2.24, 2.45) is 0 Å². The number of carbonyl (C=O) groups is 1. The van der Waals surface area contributed by atoms with Crippen molar-refractivity contribution in [1.29, 1.82) is 0 Å². The molecule has 0 fully saturated rings. The van der Waals surface area contributed by atoms with Crippen LogP contribution in [0.1, 0.15) is 23.0 Å². The Labute approximate surface area is 125 Å². The molecule has 3 rings (SSSR count). The normalized spacial score (nSPS) is 14.0. The molecule has 0 aliphatic carbocycles. The third-order valence-corrected chi connectivity index (χ3v) is 3.53. The van der Waals surface area contributed by atoms with Crippen LogP contribution in [-0.2, 0) is 5.60 Å². The first kappa shape index (κ1) is 14.3. The van der Waals surface area contributed by atoms with Crippen LogP contribution >= 0.6 is 0 Å². The van der Waals surface area contributed by atoms with E-state index in [9.17, 15) is 14.3 Å². The van der Waals surface area contributed by atoms with Gasteiger partial charge in [0.1, 0.15) is 17.2 Å². The Morgan fingerprint density at radius 3 is 3.00 bits per heavy atom. The summed E-state index contributed by atoms with van der Waals surface area (Å²) in [6.07, 6.45) is 2.97. The maximum atomic E-state index is 13.1. The van der Waals surface area contributed by atoms with Crippen molar-refractivity contribution >= 4 is 16.8 Å². The molecule has 1 aromatic carbocycles. The van der Waals surface area contributed by atoms with Crippen molar-refractivity contribution in [3.8, 4) is 0 Å². The van der Waals surface area contributed by atoms with Crippen LogP contribution in [0.4, 0.5) is 4.39 Å². The number of benzene rings is 1. The molecule has 0 saturated carbocycles. The molecule has 5 nitrogen and oxygen atoms in total. The van der Waals surface area contributed by atoms with E-state index < -0.39 is 5.60 Å². The molecule has 2 aromatic heterocycles. The SMILES string of the molecule is CC(O)(CNC(=O)c1c[nH]c2cc(F)ccc12)c1ccco1. The molecule has 22 heavy (non-hydrogen) atoms. The van der Waals surface area contributed by atoms with Crippen LogP contribution in [-0.4, -0.2) is 22.5 Å². The van der Waals surface area contributed by atoms with Crippen molar-refractivity contribution in [3.63, 3.8) is 0 Å². The Bertz CT molecular complexity index is 806. The number of amides is 1. The predicted octanol–water partition coefficient (Wildman–Crippen LogP) is 2.54. The van der Waals surface area contributed by atoms with Crippen LogP contribution in [0, 0.1) is 5.82 Å². The van der Waals surface area contributed by atoms with Gasteiger partial charge in [0.2, 0.25) is 0 Å². The van der Waals surface area contributed by atoms with E-state index in [0.717, 1.165) is 0 Å². The van der Waals surface area contributed by atoms with Crippen LogP contribution in [0.15, 0.2) is 47.2 Å². The fraction of sp³-hybridized carbons (Fsp3) is 0.188. The highest BCUT2D eigenvalue weighted by molar-refractivity contribution is 6.06. The molecule has 0 saturated heterocycles. The lowest BCUT2D eigenvalue weighted by atomic mass is 10.0. The van der Waals surface area contributed by atoms with Gasteiger partial charge in [-0.15, -0.1) is 0 Å². The summed E-state index contributed by atoms with van der Waals surface area (Å²) in [5.74, 6) is -0.361. The first-order chi connectivity index (χ1) is 10.5. The molecule has 0 aliphatic heterocycles. The van der Waals surface area contributed by atoms with Gasteiger partial charge in [-0.3, -0.25) is 4.79 Å². The zero-order chi connectivity index (χ0) is 15.7. The minimum atomic E-state index is -1.31. The summed E-state index contributed by atoms with van der Waals surface area (Å²) in [4.78, 5) is 15.1. The number of furan rings is 1. The largest absolute Gasteiger partial charge is 0.466 e. The standard InChI is InChI=1S/C16H15FN2O3/c1-16(21,14-3-2-6-22-14)9-19-15(20)12-8-18-13-7-10(17)4-5-11(12)13/h2-8,18,21H,9H2,1H3,(H,19,20). The lowest BCUT2D eigenvalue weighted by molar-refractivity contribution is 0.0330. The number of aliphatic hydroxyl groups is 1. The zero-order valence-corrected chi connectivity index (χ0v) is 11.9. The van der Waals surface area contributed by atoms with E-state index in [1.807, 2.05) is 0 Å². The fourth-order valence-corrected chi connectivity index (χ4v) is 2.31. The Morgan fingerprint density at radius 1 is 1.45 bits per heavy atom. The second kappa shape index (κ2) is 5.31. The van der Waals surface area contributed by atoms with Gasteiger partial charge in [-0.05, 0) is 37.3 Å². The average Bonchev–Trinajstić information content (AvgIpc) is 3.14. The molecule has 0 aliphatic rings. The van der Waals surface area contributed by atoms with Crippen LogP contribution in [0.25, 0.3) is 10.9 Å². The third-order valence-electron chi connectivity index (χ3n) is 3.53. The number of halogens is 1. The number of nitrogens with one attached hydrogen (secondary N) is 2. The van der Waals surface area contributed by atoms with Crippen LogP contribution in [0.5, 0.6) is 0 Å². The molecule has 114 valence electrons. The molecule has 3 N–H and O–H groups in total. The number of H-pyrrole nitrogens is 1. The van der Waals surface area contributed by atoms with Crippen molar-refractivity contribution in [3.05, 3.63) is 59.9 Å². The molecule has 1 unspecified atom stereocenters. The van der Waals surface area contributed by atoms with Gasteiger partial charge in [0.15, 0.2) is 0 Å². The molecule has 0 spiro atoms. The number of aromatic amines is 1. The van der Waals surface area contributed by atoms with Crippen molar-refractivity contribution in [2.45, 2.75) is 12.5 Å². The second-order valence-corrected chi connectivity index (χ2v) is 5.33. The van der Waals surface area contributed by atoms with E-state index in [1.54, 1.807) is 25.1 Å². The highest BCUT2D eigenvalue weighted by Crippen LogP contribution is 2.22. The van der Waals surface area contributed by atoms with Gasteiger partial charge < -0.3 is 19.8 Å². The first-order valence-electron chi connectivity index (χ1n) is 6.78. The number of carbonyl (C=O) groups excluding carboxylic acids is 1. The second-order valence-electron chi connectivity index (χ2n) is 5.33. The highest BCUT2D eigenvalue weighted by Gasteiger charge is 2.27. The third kappa shape index (κ3) is 2.60. The lowest BCUT2D eigenvalue weighted by Gasteiger charge is -2.21. The van der Waals surface area contributed by atoms with Gasteiger partial charge in [-0.1, -0.05) is 0 Å². The average molecular weight is 302 g/mol. The molecule has 0 bridgehead atoms. The number of hydrogen-bond donors (Lipinski definition) is 3. The van der Waals surface area contributed by atoms with Gasteiger partial charge >= 0.3 is 0 Å². The molecule has 1 atom stereocenters. The Balaban J connectivity index is 1.77. The van der Waals surface area contributed by atoms with Crippen LogP contribution in [0.2, 0.25) is 0 Å². The smallest absolute Gasteiger partial charge is 0.253 e. The number of fused-ring (bicyclic) bond motifs is 1. The minimum Gasteiger partial charge on any atom is -0.466 e. The fourth-order valence-electron chi connectivity index (χ4n) is 2.31. The van der Waals surface area contributed by atoms with Crippen molar-refractivity contribution in [1.82, 2.24) is 10.3 Å².